The average molecular weight is 403 g/mol. The van der Waals surface area contributed by atoms with Crippen LogP contribution in [0.25, 0.3) is 0 Å². The van der Waals surface area contributed by atoms with E-state index < -0.39 is 0 Å². The van der Waals surface area contributed by atoms with Crippen LogP contribution in [0.15, 0.2) is 72.8 Å². The molecule has 3 rings (SSSR count). The number of Topliss-reactive ketones (excluding diaryl/α,β-unsaturated/α-hetero) is 1. The van der Waals surface area contributed by atoms with Crippen LogP contribution in [-0.2, 0) is 11.4 Å². The highest BCUT2D eigenvalue weighted by atomic mass is 16.5. The van der Waals surface area contributed by atoms with Crippen molar-refractivity contribution >= 4 is 17.4 Å². The Bertz CT molecular complexity index is 997. The molecule has 0 unspecified atom stereocenters. The largest absolute Gasteiger partial charge is 0.487 e. The number of ether oxygens (including phenoxy) is 2. The quantitative estimate of drug-likeness (QED) is 0.500. The first-order valence-electron chi connectivity index (χ1n) is 9.88. The molecule has 0 aliphatic rings. The van der Waals surface area contributed by atoms with Crippen molar-refractivity contribution in [2.75, 3.05) is 11.9 Å². The van der Waals surface area contributed by atoms with E-state index in [4.69, 9.17) is 9.47 Å². The molecule has 0 aliphatic heterocycles. The number of hydrogen-bond acceptors (Lipinski definition) is 4. The molecule has 154 valence electrons. The van der Waals surface area contributed by atoms with Crippen LogP contribution in [0.1, 0.15) is 34.8 Å². The molecule has 5 nitrogen and oxygen atoms in total. The third-order valence-electron chi connectivity index (χ3n) is 4.52. The van der Waals surface area contributed by atoms with E-state index in [-0.39, 0.29) is 18.3 Å². The first-order valence-corrected chi connectivity index (χ1v) is 9.88. The zero-order valence-corrected chi connectivity index (χ0v) is 17.2. The summed E-state index contributed by atoms with van der Waals surface area (Å²) in [6.07, 6.45) is 0.452. The number of benzene rings is 3. The van der Waals surface area contributed by atoms with Crippen LogP contribution in [0.5, 0.6) is 11.5 Å². The summed E-state index contributed by atoms with van der Waals surface area (Å²) < 4.78 is 11.5. The maximum absolute atomic E-state index is 12.4. The molecule has 0 aromatic heterocycles. The zero-order chi connectivity index (χ0) is 21.3. The third-order valence-corrected chi connectivity index (χ3v) is 4.52. The first-order chi connectivity index (χ1) is 14.5. The van der Waals surface area contributed by atoms with Gasteiger partial charge in [-0.05, 0) is 54.4 Å². The Hall–Kier alpha value is -3.60. The lowest BCUT2D eigenvalue weighted by molar-refractivity contribution is -0.118. The van der Waals surface area contributed by atoms with Crippen LogP contribution in [0.2, 0.25) is 0 Å². The smallest absolute Gasteiger partial charge is 0.262 e. The first kappa shape index (κ1) is 21.1. The Labute approximate surface area is 176 Å². The van der Waals surface area contributed by atoms with Crippen molar-refractivity contribution in [1.82, 2.24) is 0 Å². The molecule has 1 amide bonds. The number of ketones is 1. The van der Waals surface area contributed by atoms with Gasteiger partial charge in [0, 0.05) is 12.0 Å². The summed E-state index contributed by atoms with van der Waals surface area (Å²) in [4.78, 5) is 24.0. The Morgan fingerprint density at radius 2 is 1.63 bits per heavy atom. The molecule has 0 radical (unpaired) electrons. The molecular weight excluding hydrogens is 378 g/mol. The molecule has 0 saturated carbocycles. The fourth-order valence-electron chi connectivity index (χ4n) is 2.86. The van der Waals surface area contributed by atoms with Gasteiger partial charge in [-0.25, -0.2) is 0 Å². The number of rotatable bonds is 9. The summed E-state index contributed by atoms with van der Waals surface area (Å²) in [6, 6.07) is 22.3. The lowest BCUT2D eigenvalue weighted by atomic mass is 10.1. The Morgan fingerprint density at radius 1 is 0.900 bits per heavy atom. The van der Waals surface area contributed by atoms with Gasteiger partial charge >= 0.3 is 0 Å². The van der Waals surface area contributed by atoms with Gasteiger partial charge in [0.15, 0.2) is 12.4 Å². The second-order valence-corrected chi connectivity index (χ2v) is 6.91. The van der Waals surface area contributed by atoms with Gasteiger partial charge < -0.3 is 14.8 Å². The number of aryl methyl sites for hydroxylation is 1. The van der Waals surface area contributed by atoms with Gasteiger partial charge in [-0.1, -0.05) is 43.3 Å². The van der Waals surface area contributed by atoms with Gasteiger partial charge in [-0.15, -0.1) is 0 Å². The zero-order valence-electron chi connectivity index (χ0n) is 17.2. The number of amides is 1. The molecule has 0 fully saturated rings. The monoisotopic (exact) mass is 403 g/mol. The topological polar surface area (TPSA) is 64.6 Å². The fraction of sp³-hybridized carbons (Fsp3) is 0.200. The average Bonchev–Trinajstić information content (AvgIpc) is 2.78. The highest BCUT2D eigenvalue weighted by Crippen LogP contribution is 2.27. The summed E-state index contributed by atoms with van der Waals surface area (Å²) in [5.74, 6) is 0.913. The van der Waals surface area contributed by atoms with Gasteiger partial charge in [0.05, 0.1) is 5.69 Å². The van der Waals surface area contributed by atoms with E-state index in [0.717, 1.165) is 11.1 Å². The van der Waals surface area contributed by atoms with Crippen molar-refractivity contribution in [3.63, 3.8) is 0 Å². The second kappa shape index (κ2) is 10.3. The van der Waals surface area contributed by atoms with E-state index in [1.807, 2.05) is 62.4 Å². The lowest BCUT2D eigenvalue weighted by Gasteiger charge is -2.14. The van der Waals surface area contributed by atoms with Crippen molar-refractivity contribution in [1.29, 1.82) is 0 Å². The Kier molecular flexibility index (Phi) is 7.22. The molecule has 0 atom stereocenters. The molecule has 0 bridgehead atoms. The van der Waals surface area contributed by atoms with E-state index in [0.29, 0.717) is 35.8 Å². The molecule has 0 saturated heterocycles. The molecule has 0 heterocycles. The Morgan fingerprint density at radius 3 is 2.33 bits per heavy atom. The second-order valence-electron chi connectivity index (χ2n) is 6.91. The molecule has 30 heavy (non-hydrogen) atoms. The van der Waals surface area contributed by atoms with E-state index in [9.17, 15) is 9.59 Å². The van der Waals surface area contributed by atoms with Gasteiger partial charge in [0.25, 0.3) is 5.91 Å². The lowest BCUT2D eigenvalue weighted by Crippen LogP contribution is -2.20. The van der Waals surface area contributed by atoms with E-state index in [1.54, 1.807) is 24.3 Å². The standard InChI is InChI=1S/C25H25NO4/c1-3-23(27)20-10-12-21(13-11-20)29-17-25(28)26-22-14-9-18(2)15-24(22)30-16-19-7-5-4-6-8-19/h4-15H,3,16-17H2,1-2H3,(H,26,28). The van der Waals surface area contributed by atoms with Gasteiger partial charge in [0.1, 0.15) is 18.1 Å². The molecule has 0 aliphatic carbocycles. The van der Waals surface area contributed by atoms with Crippen molar-refractivity contribution in [2.24, 2.45) is 0 Å². The minimum atomic E-state index is -0.294. The van der Waals surface area contributed by atoms with E-state index in [2.05, 4.69) is 5.32 Å². The van der Waals surface area contributed by atoms with Crippen LogP contribution in [0.3, 0.4) is 0 Å². The minimum absolute atomic E-state index is 0.0710. The SMILES string of the molecule is CCC(=O)c1ccc(OCC(=O)Nc2ccc(C)cc2OCc2ccccc2)cc1. The summed E-state index contributed by atoms with van der Waals surface area (Å²) in [6.45, 7) is 4.05. The van der Waals surface area contributed by atoms with Crippen molar-refractivity contribution in [2.45, 2.75) is 26.9 Å². The van der Waals surface area contributed by atoms with Crippen LogP contribution in [-0.4, -0.2) is 18.3 Å². The van der Waals surface area contributed by atoms with E-state index in [1.165, 1.54) is 0 Å². The fourth-order valence-corrected chi connectivity index (χ4v) is 2.86. The van der Waals surface area contributed by atoms with Gasteiger partial charge in [-0.3, -0.25) is 9.59 Å². The number of anilines is 1. The van der Waals surface area contributed by atoms with Crippen LogP contribution in [0, 0.1) is 6.92 Å². The van der Waals surface area contributed by atoms with Crippen molar-refractivity contribution in [3.05, 3.63) is 89.5 Å². The van der Waals surface area contributed by atoms with Gasteiger partial charge in [-0.2, -0.15) is 0 Å². The van der Waals surface area contributed by atoms with Crippen LogP contribution >= 0.6 is 0 Å². The summed E-state index contributed by atoms with van der Waals surface area (Å²) in [7, 11) is 0. The third kappa shape index (κ3) is 5.95. The van der Waals surface area contributed by atoms with Gasteiger partial charge in [0.2, 0.25) is 0 Å². The summed E-state index contributed by atoms with van der Waals surface area (Å²) >= 11 is 0. The Balaban J connectivity index is 1.58. The number of nitrogens with one attached hydrogen (secondary N) is 1. The summed E-state index contributed by atoms with van der Waals surface area (Å²) in [5.41, 5.74) is 3.31. The normalized spacial score (nSPS) is 10.3. The minimum Gasteiger partial charge on any atom is -0.487 e. The number of hydrogen-bond donors (Lipinski definition) is 1. The maximum atomic E-state index is 12.4. The molecular formula is C25H25NO4. The van der Waals surface area contributed by atoms with Crippen molar-refractivity contribution in [3.8, 4) is 11.5 Å². The highest BCUT2D eigenvalue weighted by Gasteiger charge is 2.10. The molecule has 5 heteroatoms. The van der Waals surface area contributed by atoms with E-state index >= 15 is 0 Å². The predicted octanol–water partition coefficient (Wildman–Crippen LogP) is 5.18. The molecule has 1 N–H and O–H groups in total. The molecule has 3 aromatic carbocycles. The number of carbonyl (C=O) groups is 2. The summed E-state index contributed by atoms with van der Waals surface area (Å²) in [5, 5.41) is 2.84. The van der Waals surface area contributed by atoms with Crippen LogP contribution < -0.4 is 14.8 Å². The molecule has 0 spiro atoms. The highest BCUT2D eigenvalue weighted by molar-refractivity contribution is 5.96. The maximum Gasteiger partial charge on any atom is 0.262 e. The van der Waals surface area contributed by atoms with Crippen LogP contribution in [0.4, 0.5) is 5.69 Å². The molecule has 3 aromatic rings. The predicted molar refractivity (Wildman–Crippen MR) is 117 cm³/mol. The number of carbonyl (C=O) groups excluding carboxylic acids is 2. The van der Waals surface area contributed by atoms with Crippen molar-refractivity contribution < 1.29 is 19.1 Å².